The molecule has 1 aliphatic carbocycles. The maximum Gasteiger partial charge on any atom is 0.336 e. The van der Waals surface area contributed by atoms with E-state index < -0.39 is 5.63 Å². The number of rotatable bonds is 3. The van der Waals surface area contributed by atoms with Gasteiger partial charge in [-0.05, 0) is 43.2 Å². The molecule has 0 N–H and O–H groups in total. The Balaban J connectivity index is 1.44. The molecule has 1 aromatic carbocycles. The zero-order valence-electron chi connectivity index (χ0n) is 15.5. The molecule has 2 fully saturated rings. The number of nitrogens with zero attached hydrogens (tertiary/aromatic N) is 1. The molecule has 2 aromatic rings. The van der Waals surface area contributed by atoms with E-state index in [0.717, 1.165) is 36.4 Å². The highest BCUT2D eigenvalue weighted by molar-refractivity contribution is 6.32. The Kier molecular flexibility index (Phi) is 5.13. The Morgan fingerprint density at radius 1 is 1.22 bits per heavy atom. The number of piperidine rings is 1. The van der Waals surface area contributed by atoms with Crippen LogP contribution in [0.5, 0.6) is 5.75 Å². The van der Waals surface area contributed by atoms with E-state index in [4.69, 9.17) is 20.8 Å². The van der Waals surface area contributed by atoms with Crippen LogP contribution in [0.15, 0.2) is 27.4 Å². The Labute approximate surface area is 163 Å². The molecule has 1 amide bonds. The molecule has 1 saturated carbocycles. The Morgan fingerprint density at radius 2 is 2.00 bits per heavy atom. The first kappa shape index (κ1) is 18.4. The maximum absolute atomic E-state index is 12.6. The van der Waals surface area contributed by atoms with Crippen LogP contribution in [0, 0.1) is 18.8 Å². The van der Waals surface area contributed by atoms with Crippen LogP contribution >= 0.6 is 11.6 Å². The van der Waals surface area contributed by atoms with Gasteiger partial charge in [-0.1, -0.05) is 30.9 Å². The Morgan fingerprint density at radius 3 is 2.81 bits per heavy atom. The summed E-state index contributed by atoms with van der Waals surface area (Å²) < 4.78 is 10.9. The van der Waals surface area contributed by atoms with Crippen LogP contribution in [0.4, 0.5) is 0 Å². The van der Waals surface area contributed by atoms with E-state index in [2.05, 4.69) is 0 Å². The molecule has 2 heterocycles. The minimum Gasteiger partial charge on any atom is -0.482 e. The van der Waals surface area contributed by atoms with Crippen molar-refractivity contribution in [1.29, 1.82) is 0 Å². The molecule has 27 heavy (non-hydrogen) atoms. The number of halogens is 1. The average Bonchev–Trinajstić information content (AvgIpc) is 2.66. The van der Waals surface area contributed by atoms with Gasteiger partial charge in [0.2, 0.25) is 0 Å². The van der Waals surface area contributed by atoms with Crippen molar-refractivity contribution in [2.45, 2.75) is 39.0 Å². The van der Waals surface area contributed by atoms with E-state index in [9.17, 15) is 9.59 Å². The number of carbonyl (C=O) groups excluding carboxylic acids is 1. The number of benzene rings is 1. The molecule has 0 unspecified atom stereocenters. The summed E-state index contributed by atoms with van der Waals surface area (Å²) in [5, 5.41) is 1.16. The SMILES string of the molecule is Cc1cc(=O)oc2cc(OCC(=O)N3CC[C@H]4CCCC[C@H]4C3)c(Cl)cc12. The highest BCUT2D eigenvalue weighted by Gasteiger charge is 2.33. The highest BCUT2D eigenvalue weighted by atomic mass is 35.5. The number of hydrogen-bond acceptors (Lipinski definition) is 4. The highest BCUT2D eigenvalue weighted by Crippen LogP contribution is 2.36. The summed E-state index contributed by atoms with van der Waals surface area (Å²) in [5.41, 5.74) is 0.788. The number of carbonyl (C=O) groups is 1. The minimum absolute atomic E-state index is 0.0131. The standard InChI is InChI=1S/C21H24ClNO4/c1-13-8-21(25)27-18-10-19(17(22)9-16(13)18)26-12-20(24)23-7-6-14-4-2-3-5-15(14)11-23/h8-10,14-15H,2-7,11-12H2,1H3/t14-,15+/m1/s1. The molecule has 6 heteroatoms. The van der Waals surface area contributed by atoms with E-state index in [-0.39, 0.29) is 12.5 Å². The fraction of sp³-hybridized carbons (Fsp3) is 0.524. The number of aryl methyl sites for hydroxylation is 1. The molecular formula is C21H24ClNO4. The molecular weight excluding hydrogens is 366 g/mol. The van der Waals surface area contributed by atoms with E-state index in [1.165, 1.54) is 31.7 Å². The molecule has 1 saturated heterocycles. The summed E-state index contributed by atoms with van der Waals surface area (Å²) in [5.74, 6) is 1.77. The molecule has 1 aromatic heterocycles. The van der Waals surface area contributed by atoms with Crippen LogP contribution in [-0.2, 0) is 4.79 Å². The lowest BCUT2D eigenvalue weighted by Crippen LogP contribution is -2.46. The number of likely N-dealkylation sites (tertiary alicyclic amines) is 1. The van der Waals surface area contributed by atoms with Crippen molar-refractivity contribution in [1.82, 2.24) is 4.90 Å². The number of ether oxygens (including phenoxy) is 1. The summed E-state index contributed by atoms with van der Waals surface area (Å²) in [4.78, 5) is 26.1. The molecule has 144 valence electrons. The second-order valence-corrected chi connectivity index (χ2v) is 8.16. The number of hydrogen-bond donors (Lipinski definition) is 0. The fourth-order valence-corrected chi connectivity index (χ4v) is 4.71. The quantitative estimate of drug-likeness (QED) is 0.739. The summed E-state index contributed by atoms with van der Waals surface area (Å²) in [6.07, 6.45) is 6.23. The van der Waals surface area contributed by atoms with Gasteiger partial charge in [-0.15, -0.1) is 0 Å². The summed E-state index contributed by atoms with van der Waals surface area (Å²) in [6.45, 7) is 3.42. The Hall–Kier alpha value is -2.01. The lowest BCUT2D eigenvalue weighted by Gasteiger charge is -2.41. The number of fused-ring (bicyclic) bond motifs is 2. The van der Waals surface area contributed by atoms with Crippen LogP contribution in [0.2, 0.25) is 5.02 Å². The zero-order chi connectivity index (χ0) is 19.0. The van der Waals surface area contributed by atoms with Crippen LogP contribution in [0.3, 0.4) is 0 Å². The lowest BCUT2D eigenvalue weighted by molar-refractivity contribution is -0.136. The second-order valence-electron chi connectivity index (χ2n) is 7.75. The smallest absolute Gasteiger partial charge is 0.336 e. The van der Waals surface area contributed by atoms with Crippen molar-refractivity contribution in [3.8, 4) is 5.75 Å². The first-order valence-electron chi connectivity index (χ1n) is 9.66. The van der Waals surface area contributed by atoms with Gasteiger partial charge in [-0.3, -0.25) is 4.79 Å². The Bertz CT molecular complexity index is 922. The summed E-state index contributed by atoms with van der Waals surface area (Å²) >= 11 is 6.31. The van der Waals surface area contributed by atoms with Crippen molar-refractivity contribution in [3.05, 3.63) is 39.2 Å². The predicted molar refractivity (Wildman–Crippen MR) is 104 cm³/mol. The molecule has 2 atom stereocenters. The van der Waals surface area contributed by atoms with Crippen molar-refractivity contribution >= 4 is 28.5 Å². The van der Waals surface area contributed by atoms with Gasteiger partial charge in [0, 0.05) is 30.6 Å². The third kappa shape index (κ3) is 3.84. The van der Waals surface area contributed by atoms with Crippen LogP contribution in [-0.4, -0.2) is 30.5 Å². The monoisotopic (exact) mass is 389 g/mol. The third-order valence-electron chi connectivity index (χ3n) is 6.00. The van der Waals surface area contributed by atoms with Crippen molar-refractivity contribution < 1.29 is 13.9 Å². The van der Waals surface area contributed by atoms with E-state index in [1.54, 1.807) is 12.1 Å². The van der Waals surface area contributed by atoms with Gasteiger partial charge in [-0.2, -0.15) is 0 Å². The largest absolute Gasteiger partial charge is 0.482 e. The molecule has 5 nitrogen and oxygen atoms in total. The van der Waals surface area contributed by atoms with Gasteiger partial charge in [-0.25, -0.2) is 4.79 Å². The van der Waals surface area contributed by atoms with Gasteiger partial charge in [0.1, 0.15) is 11.3 Å². The first-order valence-corrected chi connectivity index (χ1v) is 10.0. The molecule has 0 spiro atoms. The number of amides is 1. The fourth-order valence-electron chi connectivity index (χ4n) is 4.49. The van der Waals surface area contributed by atoms with E-state index >= 15 is 0 Å². The van der Waals surface area contributed by atoms with Crippen molar-refractivity contribution in [3.63, 3.8) is 0 Å². The molecule has 4 rings (SSSR count). The summed E-state index contributed by atoms with van der Waals surface area (Å²) in [6, 6.07) is 4.73. The van der Waals surface area contributed by atoms with Gasteiger partial charge < -0.3 is 14.1 Å². The molecule has 1 aliphatic heterocycles. The predicted octanol–water partition coefficient (Wildman–Crippen LogP) is 4.17. The van der Waals surface area contributed by atoms with Crippen molar-refractivity contribution in [2.75, 3.05) is 19.7 Å². The van der Waals surface area contributed by atoms with Gasteiger partial charge in [0.15, 0.2) is 6.61 Å². The first-order chi connectivity index (χ1) is 13.0. The lowest BCUT2D eigenvalue weighted by atomic mass is 9.75. The molecule has 0 bridgehead atoms. The van der Waals surface area contributed by atoms with Crippen LogP contribution < -0.4 is 10.4 Å². The van der Waals surface area contributed by atoms with Crippen LogP contribution in [0.1, 0.15) is 37.7 Å². The van der Waals surface area contributed by atoms with Gasteiger partial charge in [0.05, 0.1) is 5.02 Å². The van der Waals surface area contributed by atoms with Crippen molar-refractivity contribution in [2.24, 2.45) is 11.8 Å². The van der Waals surface area contributed by atoms with E-state index in [0.29, 0.717) is 22.3 Å². The second kappa shape index (κ2) is 7.55. The third-order valence-corrected chi connectivity index (χ3v) is 6.29. The average molecular weight is 390 g/mol. The molecule has 2 aliphatic rings. The normalized spacial score (nSPS) is 22.5. The minimum atomic E-state index is -0.417. The molecule has 0 radical (unpaired) electrons. The van der Waals surface area contributed by atoms with E-state index in [1.807, 2.05) is 11.8 Å². The maximum atomic E-state index is 12.6. The summed E-state index contributed by atoms with van der Waals surface area (Å²) in [7, 11) is 0. The van der Waals surface area contributed by atoms with Crippen LogP contribution in [0.25, 0.3) is 11.0 Å². The van der Waals surface area contributed by atoms with Gasteiger partial charge in [0.25, 0.3) is 5.91 Å². The van der Waals surface area contributed by atoms with Gasteiger partial charge >= 0.3 is 5.63 Å². The topological polar surface area (TPSA) is 59.8 Å². The zero-order valence-corrected chi connectivity index (χ0v) is 16.3.